The lowest BCUT2D eigenvalue weighted by Gasteiger charge is -2.31. The van der Waals surface area contributed by atoms with Crippen LogP contribution in [0.1, 0.15) is 24.5 Å². The monoisotopic (exact) mass is 244 g/mol. The minimum Gasteiger partial charge on any atom is -0.382 e. The Bertz CT molecular complexity index is 500. The van der Waals surface area contributed by atoms with Crippen molar-refractivity contribution in [3.8, 4) is 0 Å². The average molecular weight is 244 g/mol. The molecule has 3 N–H and O–H groups in total. The lowest BCUT2D eigenvalue weighted by atomic mass is 9.94. The van der Waals surface area contributed by atoms with E-state index >= 15 is 0 Å². The minimum atomic E-state index is 0.509. The lowest BCUT2D eigenvalue weighted by molar-refractivity contribution is 0.490. The van der Waals surface area contributed by atoms with Crippen LogP contribution in [0.4, 0.5) is 11.8 Å². The number of anilines is 2. The van der Waals surface area contributed by atoms with E-state index in [-0.39, 0.29) is 0 Å². The van der Waals surface area contributed by atoms with Gasteiger partial charge in [-0.1, -0.05) is 0 Å². The summed E-state index contributed by atoms with van der Waals surface area (Å²) < 4.78 is 0. The molecule has 1 aliphatic heterocycles. The van der Waals surface area contributed by atoms with Crippen LogP contribution in [0, 0.1) is 0 Å². The fraction of sp³-hybridized carbons (Fsp3) is 0.417. The van der Waals surface area contributed by atoms with Gasteiger partial charge in [0.25, 0.3) is 0 Å². The van der Waals surface area contributed by atoms with Gasteiger partial charge in [-0.05, 0) is 18.9 Å². The third kappa shape index (κ3) is 2.13. The smallest absolute Gasteiger partial charge is 0.225 e. The van der Waals surface area contributed by atoms with Crippen LogP contribution < -0.4 is 10.6 Å². The zero-order chi connectivity index (χ0) is 12.4. The van der Waals surface area contributed by atoms with Gasteiger partial charge in [-0.3, -0.25) is 5.10 Å². The Morgan fingerprint density at radius 1 is 1.22 bits per heavy atom. The number of rotatable bonds is 2. The molecule has 3 rings (SSSR count). The number of hydrogen-bond donors (Lipinski definition) is 2. The molecule has 1 fully saturated rings. The van der Waals surface area contributed by atoms with Crippen molar-refractivity contribution in [2.24, 2.45) is 0 Å². The van der Waals surface area contributed by atoms with Gasteiger partial charge in [-0.2, -0.15) is 5.10 Å². The molecule has 0 bridgehead atoms. The molecule has 0 spiro atoms. The molecule has 6 heteroatoms. The molecule has 18 heavy (non-hydrogen) atoms. The molecule has 3 heterocycles. The van der Waals surface area contributed by atoms with Crippen LogP contribution in [-0.4, -0.2) is 33.3 Å². The molecule has 1 saturated heterocycles. The van der Waals surface area contributed by atoms with E-state index in [4.69, 9.17) is 5.73 Å². The van der Waals surface area contributed by atoms with E-state index in [0.717, 1.165) is 37.6 Å². The highest BCUT2D eigenvalue weighted by molar-refractivity contribution is 5.33. The van der Waals surface area contributed by atoms with Gasteiger partial charge < -0.3 is 10.6 Å². The van der Waals surface area contributed by atoms with Gasteiger partial charge >= 0.3 is 0 Å². The van der Waals surface area contributed by atoms with Crippen LogP contribution in [0.3, 0.4) is 0 Å². The van der Waals surface area contributed by atoms with Gasteiger partial charge in [-0.15, -0.1) is 0 Å². The number of aromatic nitrogens is 4. The number of H-pyrrole nitrogens is 1. The van der Waals surface area contributed by atoms with E-state index < -0.39 is 0 Å². The standard InChI is InChI=1S/C12H16N6/c13-11-8-10(16-17-11)9-2-6-18(7-3-9)12-14-4-1-5-15-12/h1,4-5,8-9H,2-3,6-7H2,(H3,13,16,17). The molecule has 0 saturated carbocycles. The van der Waals surface area contributed by atoms with Crippen LogP contribution in [0.2, 0.25) is 0 Å². The first-order chi connectivity index (χ1) is 8.83. The Morgan fingerprint density at radius 3 is 2.56 bits per heavy atom. The van der Waals surface area contributed by atoms with Crippen LogP contribution in [0.5, 0.6) is 0 Å². The van der Waals surface area contributed by atoms with E-state index in [9.17, 15) is 0 Å². The number of aromatic amines is 1. The second-order valence-electron chi connectivity index (χ2n) is 4.56. The Balaban J connectivity index is 1.65. The Kier molecular flexibility index (Phi) is 2.84. The van der Waals surface area contributed by atoms with Crippen molar-refractivity contribution >= 4 is 11.8 Å². The number of hydrogen-bond acceptors (Lipinski definition) is 5. The maximum atomic E-state index is 5.63. The second-order valence-corrected chi connectivity index (χ2v) is 4.56. The number of nitrogens with zero attached hydrogens (tertiary/aromatic N) is 4. The molecular weight excluding hydrogens is 228 g/mol. The number of nitrogens with one attached hydrogen (secondary N) is 1. The third-order valence-electron chi connectivity index (χ3n) is 3.39. The maximum Gasteiger partial charge on any atom is 0.225 e. The summed E-state index contributed by atoms with van der Waals surface area (Å²) in [6.45, 7) is 1.93. The first-order valence-electron chi connectivity index (χ1n) is 6.15. The number of nitrogen functional groups attached to an aromatic ring is 1. The topological polar surface area (TPSA) is 83.7 Å². The Morgan fingerprint density at radius 2 is 1.94 bits per heavy atom. The van der Waals surface area contributed by atoms with Crippen LogP contribution in [-0.2, 0) is 0 Å². The second kappa shape index (κ2) is 4.64. The largest absolute Gasteiger partial charge is 0.382 e. The quantitative estimate of drug-likeness (QED) is 0.828. The van der Waals surface area contributed by atoms with Gasteiger partial charge in [-0.25, -0.2) is 9.97 Å². The first-order valence-corrected chi connectivity index (χ1v) is 6.15. The minimum absolute atomic E-state index is 0.509. The number of piperidine rings is 1. The summed E-state index contributed by atoms with van der Waals surface area (Å²) in [6.07, 6.45) is 5.70. The van der Waals surface area contributed by atoms with Crippen molar-refractivity contribution in [2.75, 3.05) is 23.7 Å². The van der Waals surface area contributed by atoms with Crippen LogP contribution in [0.25, 0.3) is 0 Å². The maximum absolute atomic E-state index is 5.63. The summed E-state index contributed by atoms with van der Waals surface area (Å²) in [4.78, 5) is 10.8. The van der Waals surface area contributed by atoms with E-state index in [2.05, 4.69) is 25.1 Å². The van der Waals surface area contributed by atoms with Crippen molar-refractivity contribution in [3.05, 3.63) is 30.2 Å². The SMILES string of the molecule is Nc1cc(C2CCN(c3ncccn3)CC2)[nH]n1. The molecular formula is C12H16N6. The Labute approximate surface area is 105 Å². The normalized spacial score (nSPS) is 17.0. The molecule has 94 valence electrons. The van der Waals surface area contributed by atoms with E-state index in [1.54, 1.807) is 12.4 Å². The van der Waals surface area contributed by atoms with Gasteiger partial charge in [0, 0.05) is 43.2 Å². The average Bonchev–Trinajstić information content (AvgIpc) is 2.87. The molecule has 6 nitrogen and oxygen atoms in total. The lowest BCUT2D eigenvalue weighted by Crippen LogP contribution is -2.34. The highest BCUT2D eigenvalue weighted by Crippen LogP contribution is 2.28. The molecule has 1 aliphatic rings. The Hall–Kier alpha value is -2.11. The molecule has 0 amide bonds. The van der Waals surface area contributed by atoms with Crippen molar-refractivity contribution in [3.63, 3.8) is 0 Å². The highest BCUT2D eigenvalue weighted by Gasteiger charge is 2.23. The van der Waals surface area contributed by atoms with Crippen LogP contribution in [0.15, 0.2) is 24.5 Å². The molecule has 0 aliphatic carbocycles. The van der Waals surface area contributed by atoms with E-state index in [1.165, 1.54) is 0 Å². The molecule has 2 aromatic rings. The van der Waals surface area contributed by atoms with Gasteiger partial charge in [0.2, 0.25) is 5.95 Å². The number of nitrogens with two attached hydrogens (primary N) is 1. The van der Waals surface area contributed by atoms with Gasteiger partial charge in [0.15, 0.2) is 0 Å². The fourth-order valence-electron chi connectivity index (χ4n) is 2.41. The van der Waals surface area contributed by atoms with Gasteiger partial charge in [0.1, 0.15) is 5.82 Å². The van der Waals surface area contributed by atoms with Gasteiger partial charge in [0.05, 0.1) is 0 Å². The summed E-state index contributed by atoms with van der Waals surface area (Å²) in [5.74, 6) is 1.90. The highest BCUT2D eigenvalue weighted by atomic mass is 15.2. The summed E-state index contributed by atoms with van der Waals surface area (Å²) in [6, 6.07) is 3.77. The predicted octanol–water partition coefficient (Wildman–Crippen LogP) is 1.17. The molecule has 0 atom stereocenters. The zero-order valence-corrected chi connectivity index (χ0v) is 10.1. The summed E-state index contributed by atoms with van der Waals surface area (Å²) >= 11 is 0. The van der Waals surface area contributed by atoms with E-state index in [1.807, 2.05) is 12.1 Å². The fourth-order valence-corrected chi connectivity index (χ4v) is 2.41. The molecule has 0 radical (unpaired) electrons. The van der Waals surface area contributed by atoms with Crippen molar-refractivity contribution < 1.29 is 0 Å². The van der Waals surface area contributed by atoms with Crippen molar-refractivity contribution in [1.29, 1.82) is 0 Å². The molecule has 0 aromatic carbocycles. The van der Waals surface area contributed by atoms with Crippen molar-refractivity contribution in [2.45, 2.75) is 18.8 Å². The predicted molar refractivity (Wildman–Crippen MR) is 69.2 cm³/mol. The van der Waals surface area contributed by atoms with Crippen LogP contribution >= 0.6 is 0 Å². The first kappa shape index (κ1) is 11.0. The van der Waals surface area contributed by atoms with Crippen molar-refractivity contribution in [1.82, 2.24) is 20.2 Å². The molecule has 0 unspecified atom stereocenters. The van der Waals surface area contributed by atoms with E-state index in [0.29, 0.717) is 11.7 Å². The summed E-state index contributed by atoms with van der Waals surface area (Å²) in [5, 5.41) is 6.99. The zero-order valence-electron chi connectivity index (χ0n) is 10.1. The molecule has 2 aromatic heterocycles. The summed E-state index contributed by atoms with van der Waals surface area (Å²) in [5.41, 5.74) is 6.77. The third-order valence-corrected chi connectivity index (χ3v) is 3.39. The summed E-state index contributed by atoms with van der Waals surface area (Å²) in [7, 11) is 0.